The quantitative estimate of drug-likeness (QED) is 0.700. The summed E-state index contributed by atoms with van der Waals surface area (Å²) in [5.41, 5.74) is 7.46. The van der Waals surface area contributed by atoms with Crippen molar-refractivity contribution in [3.63, 3.8) is 0 Å². The van der Waals surface area contributed by atoms with Gasteiger partial charge in [-0.05, 0) is 73.9 Å². The molecule has 1 N–H and O–H groups in total. The number of rotatable bonds is 5. The van der Waals surface area contributed by atoms with Crippen LogP contribution in [0.15, 0.2) is 71.6 Å². The molecule has 144 valence electrons. The van der Waals surface area contributed by atoms with Gasteiger partial charge in [0.1, 0.15) is 5.70 Å². The van der Waals surface area contributed by atoms with Crippen LogP contribution in [0.25, 0.3) is 0 Å². The normalized spacial score (nSPS) is 16.7. The molecule has 0 unspecified atom stereocenters. The lowest BCUT2D eigenvalue weighted by atomic mass is 10.1. The van der Waals surface area contributed by atoms with E-state index in [1.807, 2.05) is 4.90 Å². The summed E-state index contributed by atoms with van der Waals surface area (Å²) in [5.74, 6) is 0.0481. The van der Waals surface area contributed by atoms with Gasteiger partial charge in [-0.1, -0.05) is 44.2 Å². The molecule has 0 saturated heterocycles. The summed E-state index contributed by atoms with van der Waals surface area (Å²) in [6.45, 7) is 4.30. The molecule has 2 aromatic carbocycles. The minimum Gasteiger partial charge on any atom is -0.351 e. The summed E-state index contributed by atoms with van der Waals surface area (Å²) in [6, 6.07) is 16.8. The number of hydrogen-bond acceptors (Lipinski definition) is 2. The van der Waals surface area contributed by atoms with Crippen LogP contribution in [0, 0.1) is 0 Å². The summed E-state index contributed by atoms with van der Waals surface area (Å²) in [7, 11) is 0. The van der Waals surface area contributed by atoms with E-state index in [0.717, 1.165) is 60.4 Å². The Bertz CT molecular complexity index is 920. The average Bonchev–Trinajstić information content (AvgIpc) is 2.89. The number of amides is 1. The van der Waals surface area contributed by atoms with Crippen LogP contribution in [0.5, 0.6) is 0 Å². The number of carbonyl (C=O) groups excluding carboxylic acids is 1. The number of nitrogens with zero attached hydrogens (tertiary/aromatic N) is 1. The number of fused-ring (bicyclic) bond motifs is 1. The number of carbonyl (C=O) groups is 1. The minimum atomic E-state index is 0.0481. The van der Waals surface area contributed by atoms with Crippen LogP contribution in [-0.2, 0) is 17.6 Å². The van der Waals surface area contributed by atoms with Crippen molar-refractivity contribution in [1.29, 1.82) is 0 Å². The molecule has 0 spiro atoms. The summed E-state index contributed by atoms with van der Waals surface area (Å²) in [5, 5.41) is 3.44. The van der Waals surface area contributed by atoms with Gasteiger partial charge < -0.3 is 5.32 Å². The highest BCUT2D eigenvalue weighted by molar-refractivity contribution is 6.14. The molecule has 0 saturated carbocycles. The molecular formula is C25H28N2O. The molecular weight excluding hydrogens is 344 g/mol. The van der Waals surface area contributed by atoms with Crippen molar-refractivity contribution in [3.8, 4) is 0 Å². The second-order valence-corrected chi connectivity index (χ2v) is 7.52. The second kappa shape index (κ2) is 8.05. The Labute approximate surface area is 167 Å². The van der Waals surface area contributed by atoms with Crippen molar-refractivity contribution in [3.05, 3.63) is 82.7 Å². The highest BCUT2D eigenvalue weighted by atomic mass is 16.2. The van der Waals surface area contributed by atoms with Gasteiger partial charge in [0.2, 0.25) is 0 Å². The van der Waals surface area contributed by atoms with Gasteiger partial charge in [0.05, 0.1) is 5.70 Å². The fourth-order valence-electron chi connectivity index (χ4n) is 4.00. The lowest BCUT2D eigenvalue weighted by Crippen LogP contribution is -2.27. The lowest BCUT2D eigenvalue weighted by Gasteiger charge is -2.20. The Morgan fingerprint density at radius 1 is 0.893 bits per heavy atom. The van der Waals surface area contributed by atoms with Gasteiger partial charge in [0.15, 0.2) is 0 Å². The molecule has 2 aliphatic rings. The van der Waals surface area contributed by atoms with Gasteiger partial charge in [0.25, 0.3) is 5.91 Å². The maximum absolute atomic E-state index is 13.4. The number of anilines is 2. The molecule has 0 bridgehead atoms. The predicted octanol–water partition coefficient (Wildman–Crippen LogP) is 5.98. The third-order valence-electron chi connectivity index (χ3n) is 5.72. The number of hydrogen-bond donors (Lipinski definition) is 1. The predicted molar refractivity (Wildman–Crippen MR) is 116 cm³/mol. The van der Waals surface area contributed by atoms with Gasteiger partial charge in [-0.3, -0.25) is 9.69 Å². The van der Waals surface area contributed by atoms with Gasteiger partial charge in [-0.2, -0.15) is 0 Å². The highest BCUT2D eigenvalue weighted by Crippen LogP contribution is 2.39. The van der Waals surface area contributed by atoms with Crippen LogP contribution in [0.3, 0.4) is 0 Å². The Morgan fingerprint density at radius 2 is 1.54 bits per heavy atom. The molecule has 1 heterocycles. The molecule has 3 heteroatoms. The van der Waals surface area contributed by atoms with E-state index in [4.69, 9.17) is 0 Å². The summed E-state index contributed by atoms with van der Waals surface area (Å²) in [4.78, 5) is 15.3. The molecule has 0 radical (unpaired) electrons. The standard InChI is InChI=1S/C25H28N2O/c1-3-18-10-14-20(15-11-18)26-24-22-8-6-5-7-9-23(22)27(25(24)28)21-16-12-19(4-2)13-17-21/h9-17,26H,3-8H2,1-2H3. The van der Waals surface area contributed by atoms with Gasteiger partial charge in [0, 0.05) is 16.9 Å². The van der Waals surface area contributed by atoms with Crippen molar-refractivity contribution in [1.82, 2.24) is 0 Å². The van der Waals surface area contributed by atoms with Crippen LogP contribution in [-0.4, -0.2) is 5.91 Å². The molecule has 0 aromatic heterocycles. The van der Waals surface area contributed by atoms with E-state index in [2.05, 4.69) is 73.8 Å². The summed E-state index contributed by atoms with van der Waals surface area (Å²) < 4.78 is 0. The molecule has 1 amide bonds. The molecule has 1 aliphatic heterocycles. The third-order valence-corrected chi connectivity index (χ3v) is 5.72. The van der Waals surface area contributed by atoms with Gasteiger partial charge in [-0.15, -0.1) is 0 Å². The summed E-state index contributed by atoms with van der Waals surface area (Å²) in [6.07, 6.45) is 8.50. The monoisotopic (exact) mass is 372 g/mol. The first-order valence-electron chi connectivity index (χ1n) is 10.4. The van der Waals surface area contributed by atoms with Crippen molar-refractivity contribution < 1.29 is 4.79 Å². The van der Waals surface area contributed by atoms with Crippen LogP contribution in [0.2, 0.25) is 0 Å². The van der Waals surface area contributed by atoms with E-state index >= 15 is 0 Å². The van der Waals surface area contributed by atoms with E-state index in [9.17, 15) is 4.79 Å². The van der Waals surface area contributed by atoms with Crippen molar-refractivity contribution in [2.24, 2.45) is 0 Å². The second-order valence-electron chi connectivity index (χ2n) is 7.52. The van der Waals surface area contributed by atoms with Crippen LogP contribution >= 0.6 is 0 Å². The van der Waals surface area contributed by atoms with Crippen molar-refractivity contribution in [2.45, 2.75) is 52.4 Å². The van der Waals surface area contributed by atoms with Crippen LogP contribution in [0.4, 0.5) is 11.4 Å². The molecule has 4 rings (SSSR count). The fraction of sp³-hybridized carbons (Fsp3) is 0.320. The lowest BCUT2D eigenvalue weighted by molar-refractivity contribution is -0.114. The Morgan fingerprint density at radius 3 is 2.18 bits per heavy atom. The van der Waals surface area contributed by atoms with Gasteiger partial charge in [-0.25, -0.2) is 0 Å². The molecule has 28 heavy (non-hydrogen) atoms. The average molecular weight is 373 g/mol. The SMILES string of the molecule is CCc1ccc(NC2=C3CCCCC=C3N(c3ccc(CC)cc3)C2=O)cc1. The molecule has 0 atom stereocenters. The van der Waals surface area contributed by atoms with E-state index in [1.165, 1.54) is 17.5 Å². The Hall–Kier alpha value is -2.81. The first-order chi connectivity index (χ1) is 13.7. The van der Waals surface area contributed by atoms with E-state index in [0.29, 0.717) is 0 Å². The molecule has 2 aromatic rings. The number of allylic oxidation sites excluding steroid dienone is 2. The first-order valence-corrected chi connectivity index (χ1v) is 10.4. The molecule has 0 fully saturated rings. The van der Waals surface area contributed by atoms with Crippen LogP contribution < -0.4 is 10.2 Å². The van der Waals surface area contributed by atoms with E-state index in [-0.39, 0.29) is 5.91 Å². The third kappa shape index (κ3) is 3.49. The fourth-order valence-corrected chi connectivity index (χ4v) is 4.00. The van der Waals surface area contributed by atoms with E-state index < -0.39 is 0 Å². The maximum Gasteiger partial charge on any atom is 0.279 e. The topological polar surface area (TPSA) is 32.3 Å². The maximum atomic E-state index is 13.4. The number of nitrogens with one attached hydrogen (secondary N) is 1. The summed E-state index contributed by atoms with van der Waals surface area (Å²) >= 11 is 0. The van der Waals surface area contributed by atoms with Gasteiger partial charge >= 0.3 is 0 Å². The zero-order valence-corrected chi connectivity index (χ0v) is 16.8. The van der Waals surface area contributed by atoms with E-state index in [1.54, 1.807) is 0 Å². The number of benzene rings is 2. The zero-order valence-electron chi connectivity index (χ0n) is 16.8. The highest BCUT2D eigenvalue weighted by Gasteiger charge is 2.36. The minimum absolute atomic E-state index is 0.0481. The van der Waals surface area contributed by atoms with Crippen molar-refractivity contribution >= 4 is 17.3 Å². The van der Waals surface area contributed by atoms with Crippen LogP contribution in [0.1, 0.15) is 50.7 Å². The molecule has 3 nitrogen and oxygen atoms in total. The van der Waals surface area contributed by atoms with Crippen molar-refractivity contribution in [2.75, 3.05) is 10.2 Å². The Kier molecular flexibility index (Phi) is 5.34. The smallest absolute Gasteiger partial charge is 0.279 e. The zero-order chi connectivity index (χ0) is 19.5. The Balaban J connectivity index is 1.69. The first kappa shape index (κ1) is 18.5. The number of aryl methyl sites for hydroxylation is 2. The largest absolute Gasteiger partial charge is 0.351 e. The molecule has 1 aliphatic carbocycles.